The fraction of sp³-hybridized carbons (Fsp3) is 0.500. The Bertz CT molecular complexity index is 472. The summed E-state index contributed by atoms with van der Waals surface area (Å²) < 4.78 is 0. The first-order valence-electron chi connectivity index (χ1n) is 6.92. The summed E-state index contributed by atoms with van der Waals surface area (Å²) in [6.45, 7) is 7.21. The highest BCUT2D eigenvalue weighted by atomic mass is 16.6. The summed E-state index contributed by atoms with van der Waals surface area (Å²) in [4.78, 5) is 23.6. The van der Waals surface area contributed by atoms with Crippen molar-refractivity contribution >= 4 is 11.7 Å². The highest BCUT2D eigenvalue weighted by molar-refractivity contribution is 5.75. The van der Waals surface area contributed by atoms with Crippen molar-refractivity contribution in [2.24, 2.45) is 0 Å². The number of benzene rings is 1. The van der Waals surface area contributed by atoms with Crippen molar-refractivity contribution in [1.82, 2.24) is 10.2 Å². The molecule has 1 aromatic rings. The number of nitro groups is 1. The van der Waals surface area contributed by atoms with Crippen molar-refractivity contribution in [3.63, 3.8) is 0 Å². The van der Waals surface area contributed by atoms with E-state index in [-0.39, 0.29) is 5.69 Å². The molecule has 0 fully saturated rings. The second-order valence-corrected chi connectivity index (χ2v) is 4.60. The number of nitro benzene ring substituents is 1. The van der Waals surface area contributed by atoms with Crippen molar-refractivity contribution in [3.8, 4) is 0 Å². The Balaban J connectivity index is 2.69. The lowest BCUT2D eigenvalue weighted by Gasteiger charge is -2.20. The van der Waals surface area contributed by atoms with Crippen LogP contribution in [-0.2, 0) is 4.79 Å². The predicted molar refractivity (Wildman–Crippen MR) is 79.3 cm³/mol. The molecule has 0 amide bonds. The van der Waals surface area contributed by atoms with Gasteiger partial charge in [0.15, 0.2) is 0 Å². The van der Waals surface area contributed by atoms with E-state index in [1.807, 2.05) is 0 Å². The molecule has 1 rings (SSSR count). The maximum absolute atomic E-state index is 11.3. The molecule has 0 aliphatic carbocycles. The molecule has 0 aliphatic heterocycles. The lowest BCUT2D eigenvalue weighted by atomic mass is 10.1. The van der Waals surface area contributed by atoms with Gasteiger partial charge in [-0.15, -0.1) is 0 Å². The molecular formula is C14H21N3O4. The molecule has 0 aliphatic rings. The fourth-order valence-corrected chi connectivity index (χ4v) is 2.04. The molecule has 1 unspecified atom stereocenters. The Kier molecular flexibility index (Phi) is 6.77. The molecule has 0 bridgehead atoms. The zero-order valence-corrected chi connectivity index (χ0v) is 12.3. The number of hydrogen-bond donors (Lipinski definition) is 2. The predicted octanol–water partition coefficient (Wildman–Crippen LogP) is 1.65. The molecule has 7 heteroatoms. The van der Waals surface area contributed by atoms with Gasteiger partial charge in [0.2, 0.25) is 0 Å². The van der Waals surface area contributed by atoms with Crippen LogP contribution in [0.25, 0.3) is 0 Å². The van der Waals surface area contributed by atoms with Crippen molar-refractivity contribution in [3.05, 3.63) is 39.9 Å². The summed E-state index contributed by atoms with van der Waals surface area (Å²) >= 11 is 0. The number of carboxylic acids is 1. The van der Waals surface area contributed by atoms with Crippen LogP contribution in [0.4, 0.5) is 5.69 Å². The summed E-state index contributed by atoms with van der Waals surface area (Å²) in [7, 11) is 0. The first kappa shape index (κ1) is 17.1. The van der Waals surface area contributed by atoms with Crippen molar-refractivity contribution < 1.29 is 14.8 Å². The molecule has 116 valence electrons. The number of nitrogens with zero attached hydrogens (tertiary/aromatic N) is 2. The molecule has 1 aromatic carbocycles. The molecule has 21 heavy (non-hydrogen) atoms. The van der Waals surface area contributed by atoms with Crippen LogP contribution in [0, 0.1) is 10.1 Å². The summed E-state index contributed by atoms with van der Waals surface area (Å²) in [5.74, 6) is -0.997. The average molecular weight is 295 g/mol. The van der Waals surface area contributed by atoms with Gasteiger partial charge < -0.3 is 10.0 Å². The van der Waals surface area contributed by atoms with Gasteiger partial charge in [-0.25, -0.2) is 0 Å². The van der Waals surface area contributed by atoms with Gasteiger partial charge in [-0.05, 0) is 18.7 Å². The molecule has 0 radical (unpaired) electrons. The van der Waals surface area contributed by atoms with Gasteiger partial charge in [-0.3, -0.25) is 20.2 Å². The highest BCUT2D eigenvalue weighted by Crippen LogP contribution is 2.18. The molecule has 0 heterocycles. The standard InChI is InChI=1S/C14H21N3O4/c1-3-16(4-2)10-9-15-13(14(18)19)11-5-7-12(8-6-11)17(20)21/h5-8,13,15H,3-4,9-10H2,1-2H3,(H,18,19). The monoisotopic (exact) mass is 295 g/mol. The molecular weight excluding hydrogens is 274 g/mol. The van der Waals surface area contributed by atoms with Crippen molar-refractivity contribution in [1.29, 1.82) is 0 Å². The van der Waals surface area contributed by atoms with E-state index in [0.29, 0.717) is 12.1 Å². The SMILES string of the molecule is CCN(CC)CCNC(C(=O)O)c1ccc([N+](=O)[O-])cc1. The minimum atomic E-state index is -0.997. The third-order valence-electron chi connectivity index (χ3n) is 3.36. The average Bonchev–Trinajstić information content (AvgIpc) is 2.47. The summed E-state index contributed by atoms with van der Waals surface area (Å²) in [6, 6.07) is 4.72. The number of aliphatic carboxylic acids is 1. The summed E-state index contributed by atoms with van der Waals surface area (Å²) in [5, 5.41) is 22.8. The van der Waals surface area contributed by atoms with E-state index in [9.17, 15) is 20.0 Å². The maximum Gasteiger partial charge on any atom is 0.325 e. The van der Waals surface area contributed by atoms with Crippen LogP contribution in [0.1, 0.15) is 25.5 Å². The zero-order chi connectivity index (χ0) is 15.8. The van der Waals surface area contributed by atoms with E-state index in [1.165, 1.54) is 24.3 Å². The van der Waals surface area contributed by atoms with Crippen LogP contribution in [-0.4, -0.2) is 47.1 Å². The molecule has 2 N–H and O–H groups in total. The maximum atomic E-state index is 11.3. The zero-order valence-electron chi connectivity index (χ0n) is 12.3. The summed E-state index contributed by atoms with van der Waals surface area (Å²) in [5.41, 5.74) is 0.457. The third kappa shape index (κ3) is 5.13. The van der Waals surface area contributed by atoms with E-state index >= 15 is 0 Å². The quantitative estimate of drug-likeness (QED) is 0.531. The van der Waals surface area contributed by atoms with Crippen LogP contribution in [0.2, 0.25) is 0 Å². The van der Waals surface area contributed by atoms with Crippen LogP contribution < -0.4 is 5.32 Å². The fourth-order valence-electron chi connectivity index (χ4n) is 2.04. The molecule has 0 aromatic heterocycles. The van der Waals surface area contributed by atoms with Crippen molar-refractivity contribution in [2.75, 3.05) is 26.2 Å². The normalized spacial score (nSPS) is 12.3. The molecule has 1 atom stereocenters. The van der Waals surface area contributed by atoms with E-state index < -0.39 is 16.9 Å². The van der Waals surface area contributed by atoms with E-state index in [2.05, 4.69) is 24.1 Å². The molecule has 0 saturated carbocycles. The van der Waals surface area contributed by atoms with Gasteiger partial charge in [0.25, 0.3) is 5.69 Å². The molecule has 0 saturated heterocycles. The summed E-state index contributed by atoms with van der Waals surface area (Å²) in [6.07, 6.45) is 0. The Morgan fingerprint density at radius 2 is 1.90 bits per heavy atom. The Labute approximate surface area is 123 Å². The Morgan fingerprint density at radius 3 is 2.33 bits per heavy atom. The Morgan fingerprint density at radius 1 is 1.33 bits per heavy atom. The van der Waals surface area contributed by atoms with Gasteiger partial charge in [-0.1, -0.05) is 26.0 Å². The number of non-ortho nitro benzene ring substituents is 1. The first-order chi connectivity index (χ1) is 9.99. The van der Waals surface area contributed by atoms with Gasteiger partial charge in [0, 0.05) is 25.2 Å². The van der Waals surface area contributed by atoms with E-state index in [0.717, 1.165) is 19.6 Å². The number of carboxylic acid groups (broad SMARTS) is 1. The second kappa shape index (κ2) is 8.33. The number of rotatable bonds is 9. The lowest BCUT2D eigenvalue weighted by Crippen LogP contribution is -2.36. The minimum Gasteiger partial charge on any atom is -0.480 e. The number of nitrogens with one attached hydrogen (secondary N) is 1. The second-order valence-electron chi connectivity index (χ2n) is 4.60. The van der Waals surface area contributed by atoms with E-state index in [4.69, 9.17) is 0 Å². The van der Waals surface area contributed by atoms with Gasteiger partial charge in [-0.2, -0.15) is 0 Å². The number of hydrogen-bond acceptors (Lipinski definition) is 5. The van der Waals surface area contributed by atoms with Crippen LogP contribution >= 0.6 is 0 Å². The molecule has 7 nitrogen and oxygen atoms in total. The van der Waals surface area contributed by atoms with Crippen LogP contribution in [0.5, 0.6) is 0 Å². The van der Waals surface area contributed by atoms with E-state index in [1.54, 1.807) is 0 Å². The Hall–Kier alpha value is -1.99. The largest absolute Gasteiger partial charge is 0.480 e. The highest BCUT2D eigenvalue weighted by Gasteiger charge is 2.20. The van der Waals surface area contributed by atoms with Crippen LogP contribution in [0.3, 0.4) is 0 Å². The topological polar surface area (TPSA) is 95.7 Å². The third-order valence-corrected chi connectivity index (χ3v) is 3.36. The van der Waals surface area contributed by atoms with Gasteiger partial charge >= 0.3 is 5.97 Å². The van der Waals surface area contributed by atoms with Crippen molar-refractivity contribution in [2.45, 2.75) is 19.9 Å². The van der Waals surface area contributed by atoms with Gasteiger partial charge in [0.1, 0.15) is 6.04 Å². The first-order valence-corrected chi connectivity index (χ1v) is 6.92. The number of likely N-dealkylation sites (N-methyl/N-ethyl adjacent to an activating group) is 1. The lowest BCUT2D eigenvalue weighted by molar-refractivity contribution is -0.384. The minimum absolute atomic E-state index is 0.0500. The smallest absolute Gasteiger partial charge is 0.325 e. The number of carbonyl (C=O) groups is 1. The van der Waals surface area contributed by atoms with Crippen LogP contribution in [0.15, 0.2) is 24.3 Å². The molecule has 0 spiro atoms. The van der Waals surface area contributed by atoms with Gasteiger partial charge in [0.05, 0.1) is 4.92 Å².